The summed E-state index contributed by atoms with van der Waals surface area (Å²) in [6.45, 7) is 0.347. The molecule has 21 heavy (non-hydrogen) atoms. The Morgan fingerprint density at radius 3 is 2.57 bits per heavy atom. The predicted molar refractivity (Wildman–Crippen MR) is 74.2 cm³/mol. The lowest BCUT2D eigenvalue weighted by Gasteiger charge is -2.18. The summed E-state index contributed by atoms with van der Waals surface area (Å²) in [5.74, 6) is -1.22. The van der Waals surface area contributed by atoms with E-state index in [1.54, 1.807) is 31.6 Å². The van der Waals surface area contributed by atoms with Crippen LogP contribution in [0.4, 0.5) is 11.5 Å². The molecule has 0 atom stereocenters. The van der Waals surface area contributed by atoms with Crippen molar-refractivity contribution in [2.45, 2.75) is 6.54 Å². The van der Waals surface area contributed by atoms with Crippen molar-refractivity contribution in [2.75, 3.05) is 11.9 Å². The van der Waals surface area contributed by atoms with Crippen molar-refractivity contribution in [3.8, 4) is 0 Å². The molecule has 108 valence electrons. The molecule has 0 aliphatic carbocycles. The smallest absolute Gasteiger partial charge is 0.354 e. The molecule has 8 heteroatoms. The molecule has 0 aromatic carbocycles. The van der Waals surface area contributed by atoms with Gasteiger partial charge in [-0.05, 0) is 23.8 Å². The number of nitrogens with zero attached hydrogens (tertiary/aromatic N) is 4. The standard InChI is InChI=1S/C13H12N4O4/c1-16(8-9-4-6-14-7-5-9)12-11(17(20)21)3-2-10(15-12)13(18)19/h2-7H,8H2,1H3,(H,18,19). The minimum atomic E-state index is -1.23. The van der Waals surface area contributed by atoms with Gasteiger partial charge < -0.3 is 10.0 Å². The number of carbonyl (C=O) groups is 1. The van der Waals surface area contributed by atoms with Crippen LogP contribution in [0.2, 0.25) is 0 Å². The van der Waals surface area contributed by atoms with Gasteiger partial charge in [0.15, 0.2) is 5.69 Å². The molecule has 8 nitrogen and oxygen atoms in total. The van der Waals surface area contributed by atoms with Crippen LogP contribution in [-0.4, -0.2) is 33.0 Å². The van der Waals surface area contributed by atoms with Gasteiger partial charge in [0.05, 0.1) is 4.92 Å². The summed E-state index contributed by atoms with van der Waals surface area (Å²) in [6, 6.07) is 5.80. The van der Waals surface area contributed by atoms with Gasteiger partial charge in [-0.2, -0.15) is 0 Å². The molecular formula is C13H12N4O4. The van der Waals surface area contributed by atoms with Gasteiger partial charge >= 0.3 is 11.7 Å². The maximum absolute atomic E-state index is 11.0. The average Bonchev–Trinajstić information content (AvgIpc) is 2.47. The topological polar surface area (TPSA) is 109 Å². The van der Waals surface area contributed by atoms with Crippen molar-refractivity contribution < 1.29 is 14.8 Å². The third-order valence-corrected chi connectivity index (χ3v) is 2.80. The van der Waals surface area contributed by atoms with E-state index in [9.17, 15) is 14.9 Å². The molecule has 0 saturated carbocycles. The van der Waals surface area contributed by atoms with Gasteiger partial charge in [-0.15, -0.1) is 0 Å². The van der Waals surface area contributed by atoms with Crippen LogP contribution in [0.5, 0.6) is 0 Å². The van der Waals surface area contributed by atoms with E-state index in [0.717, 1.165) is 17.7 Å². The molecule has 2 rings (SSSR count). The molecule has 1 N–H and O–H groups in total. The van der Waals surface area contributed by atoms with Crippen molar-refractivity contribution in [1.82, 2.24) is 9.97 Å². The minimum absolute atomic E-state index is 0.0108. The minimum Gasteiger partial charge on any atom is -0.477 e. The van der Waals surface area contributed by atoms with E-state index in [4.69, 9.17) is 5.11 Å². The van der Waals surface area contributed by atoms with Crippen molar-refractivity contribution in [3.05, 3.63) is 58.0 Å². The first-order valence-corrected chi connectivity index (χ1v) is 5.98. The fourth-order valence-corrected chi connectivity index (χ4v) is 1.82. The molecule has 0 saturated heterocycles. The predicted octanol–water partition coefficient (Wildman–Crippen LogP) is 1.72. The molecular weight excluding hydrogens is 276 g/mol. The third-order valence-electron chi connectivity index (χ3n) is 2.80. The Morgan fingerprint density at radius 2 is 2.00 bits per heavy atom. The summed E-state index contributed by atoms with van der Waals surface area (Å²) in [5.41, 5.74) is 0.401. The van der Waals surface area contributed by atoms with Crippen LogP contribution >= 0.6 is 0 Å². The summed E-state index contributed by atoms with van der Waals surface area (Å²) in [5, 5.41) is 20.0. The Kier molecular flexibility index (Phi) is 4.07. The largest absolute Gasteiger partial charge is 0.477 e. The lowest BCUT2D eigenvalue weighted by atomic mass is 10.2. The first-order valence-electron chi connectivity index (χ1n) is 5.98. The number of hydrogen-bond donors (Lipinski definition) is 1. The molecule has 0 amide bonds. The average molecular weight is 288 g/mol. The summed E-state index contributed by atoms with van der Waals surface area (Å²) in [6.07, 6.45) is 3.22. The van der Waals surface area contributed by atoms with Crippen LogP contribution in [0.1, 0.15) is 16.1 Å². The van der Waals surface area contributed by atoms with Crippen LogP contribution in [0, 0.1) is 10.1 Å². The van der Waals surface area contributed by atoms with Crippen LogP contribution in [0.3, 0.4) is 0 Å². The molecule has 0 spiro atoms. The normalized spacial score (nSPS) is 10.1. The molecule has 2 heterocycles. The zero-order chi connectivity index (χ0) is 15.4. The van der Waals surface area contributed by atoms with Crippen molar-refractivity contribution in [2.24, 2.45) is 0 Å². The highest BCUT2D eigenvalue weighted by Crippen LogP contribution is 2.26. The van der Waals surface area contributed by atoms with E-state index in [1.807, 2.05) is 0 Å². The van der Waals surface area contributed by atoms with Gasteiger partial charge in [0.2, 0.25) is 5.82 Å². The van der Waals surface area contributed by atoms with Gasteiger partial charge in [-0.1, -0.05) is 0 Å². The van der Waals surface area contributed by atoms with E-state index >= 15 is 0 Å². The number of aromatic carboxylic acids is 1. The number of carboxylic acid groups (broad SMARTS) is 1. The SMILES string of the molecule is CN(Cc1ccncc1)c1nc(C(=O)O)ccc1[N+](=O)[O-]. The summed E-state index contributed by atoms with van der Waals surface area (Å²) >= 11 is 0. The quantitative estimate of drug-likeness (QED) is 0.658. The Bertz CT molecular complexity index is 675. The number of nitro groups is 1. The van der Waals surface area contributed by atoms with E-state index in [2.05, 4.69) is 9.97 Å². The molecule has 0 unspecified atom stereocenters. The molecule has 0 radical (unpaired) electrons. The molecule has 0 bridgehead atoms. The van der Waals surface area contributed by atoms with E-state index in [1.165, 1.54) is 4.90 Å². The van der Waals surface area contributed by atoms with Crippen molar-refractivity contribution >= 4 is 17.5 Å². The number of pyridine rings is 2. The fraction of sp³-hybridized carbons (Fsp3) is 0.154. The maximum atomic E-state index is 11.0. The highest BCUT2D eigenvalue weighted by molar-refractivity contribution is 5.86. The Morgan fingerprint density at radius 1 is 1.33 bits per heavy atom. The molecule has 0 aliphatic rings. The first kappa shape index (κ1) is 14.4. The number of anilines is 1. The first-order chi connectivity index (χ1) is 9.99. The molecule has 2 aromatic heterocycles. The zero-order valence-corrected chi connectivity index (χ0v) is 11.1. The van der Waals surface area contributed by atoms with Crippen LogP contribution in [0.25, 0.3) is 0 Å². The third kappa shape index (κ3) is 3.30. The summed E-state index contributed by atoms with van der Waals surface area (Å²) < 4.78 is 0. The van der Waals surface area contributed by atoms with Crippen molar-refractivity contribution in [3.63, 3.8) is 0 Å². The molecule has 0 fully saturated rings. The van der Waals surface area contributed by atoms with Crippen LogP contribution in [0.15, 0.2) is 36.7 Å². The second-order valence-electron chi connectivity index (χ2n) is 4.31. The molecule has 2 aromatic rings. The fourth-order valence-electron chi connectivity index (χ4n) is 1.82. The Hall–Kier alpha value is -3.03. The number of rotatable bonds is 5. The van der Waals surface area contributed by atoms with Crippen LogP contribution < -0.4 is 4.90 Å². The molecule has 0 aliphatic heterocycles. The van der Waals surface area contributed by atoms with Gasteiger partial charge in [-0.25, -0.2) is 9.78 Å². The maximum Gasteiger partial charge on any atom is 0.354 e. The van der Waals surface area contributed by atoms with Gasteiger partial charge in [0.25, 0.3) is 0 Å². The Balaban J connectivity index is 2.37. The van der Waals surface area contributed by atoms with E-state index in [0.29, 0.717) is 6.54 Å². The van der Waals surface area contributed by atoms with Gasteiger partial charge in [0.1, 0.15) is 0 Å². The lowest BCUT2D eigenvalue weighted by molar-refractivity contribution is -0.384. The van der Waals surface area contributed by atoms with Crippen molar-refractivity contribution in [1.29, 1.82) is 0 Å². The van der Waals surface area contributed by atoms with E-state index < -0.39 is 10.9 Å². The monoisotopic (exact) mass is 288 g/mol. The van der Waals surface area contributed by atoms with Crippen LogP contribution in [-0.2, 0) is 6.54 Å². The van der Waals surface area contributed by atoms with E-state index in [-0.39, 0.29) is 17.2 Å². The summed E-state index contributed by atoms with van der Waals surface area (Å²) in [4.78, 5) is 30.7. The second kappa shape index (κ2) is 5.95. The Labute approximate surface area is 119 Å². The van der Waals surface area contributed by atoms with Gasteiger partial charge in [-0.3, -0.25) is 15.1 Å². The highest BCUT2D eigenvalue weighted by Gasteiger charge is 2.21. The highest BCUT2D eigenvalue weighted by atomic mass is 16.6. The number of hydrogen-bond acceptors (Lipinski definition) is 6. The van der Waals surface area contributed by atoms with Gasteiger partial charge in [0, 0.05) is 32.1 Å². The number of aromatic nitrogens is 2. The summed E-state index contributed by atoms with van der Waals surface area (Å²) in [7, 11) is 1.61. The second-order valence-corrected chi connectivity index (χ2v) is 4.31. The zero-order valence-electron chi connectivity index (χ0n) is 11.1. The lowest BCUT2D eigenvalue weighted by Crippen LogP contribution is -2.20. The number of carboxylic acids is 1.